The summed E-state index contributed by atoms with van der Waals surface area (Å²) in [4.78, 5) is 10.6. The second-order valence-electron chi connectivity index (χ2n) is 4.68. The van der Waals surface area contributed by atoms with E-state index in [1.54, 1.807) is 12.1 Å². The Morgan fingerprint density at radius 1 is 1.53 bits per heavy atom. The maximum atomic E-state index is 11.0. The number of benzene rings is 1. The van der Waals surface area contributed by atoms with Gasteiger partial charge in [-0.3, -0.25) is 10.1 Å². The van der Waals surface area contributed by atoms with Crippen LogP contribution in [0.4, 0.5) is 5.69 Å². The molecule has 1 aliphatic carbocycles. The Kier molecular flexibility index (Phi) is 4.51. The van der Waals surface area contributed by atoms with E-state index < -0.39 is 0 Å². The van der Waals surface area contributed by atoms with Gasteiger partial charge in [-0.05, 0) is 25.0 Å². The molecule has 1 aliphatic rings. The summed E-state index contributed by atoms with van der Waals surface area (Å²) in [5, 5.41) is 23.2. The SMILES string of the molecule is N#CC1CCCC1NCc1cc(Br)ccc1[N+](=O)[O-]. The molecular weight excluding hydrogens is 310 g/mol. The third-order valence-electron chi connectivity index (χ3n) is 3.47. The highest BCUT2D eigenvalue weighted by Gasteiger charge is 2.27. The van der Waals surface area contributed by atoms with Crippen molar-refractivity contribution in [2.45, 2.75) is 31.8 Å². The summed E-state index contributed by atoms with van der Waals surface area (Å²) in [5.41, 5.74) is 0.755. The van der Waals surface area contributed by atoms with Gasteiger partial charge in [-0.2, -0.15) is 5.26 Å². The van der Waals surface area contributed by atoms with Crippen molar-refractivity contribution >= 4 is 21.6 Å². The van der Waals surface area contributed by atoms with Gasteiger partial charge in [-0.15, -0.1) is 0 Å². The smallest absolute Gasteiger partial charge is 0.273 e. The third-order valence-corrected chi connectivity index (χ3v) is 3.97. The zero-order valence-electron chi connectivity index (χ0n) is 10.3. The number of rotatable bonds is 4. The topological polar surface area (TPSA) is 79.0 Å². The summed E-state index contributed by atoms with van der Waals surface area (Å²) in [7, 11) is 0. The summed E-state index contributed by atoms with van der Waals surface area (Å²) in [6, 6.07) is 7.35. The lowest BCUT2D eigenvalue weighted by molar-refractivity contribution is -0.385. The summed E-state index contributed by atoms with van der Waals surface area (Å²) in [5.74, 6) is 0.0196. The molecule has 2 atom stereocenters. The number of nitriles is 1. The van der Waals surface area contributed by atoms with Gasteiger partial charge in [0.1, 0.15) is 0 Å². The number of nitrogens with one attached hydrogen (secondary N) is 1. The van der Waals surface area contributed by atoms with Crippen molar-refractivity contribution in [1.82, 2.24) is 5.32 Å². The number of nitro groups is 1. The minimum Gasteiger partial charge on any atom is -0.308 e. The van der Waals surface area contributed by atoms with E-state index in [1.807, 2.05) is 0 Å². The molecule has 0 heterocycles. The van der Waals surface area contributed by atoms with E-state index in [4.69, 9.17) is 5.26 Å². The van der Waals surface area contributed by atoms with Gasteiger partial charge in [0.15, 0.2) is 0 Å². The highest BCUT2D eigenvalue weighted by atomic mass is 79.9. The minimum atomic E-state index is -0.375. The van der Waals surface area contributed by atoms with Crippen LogP contribution in [0, 0.1) is 27.4 Å². The molecule has 1 aromatic rings. The first-order chi connectivity index (χ1) is 9.11. The van der Waals surface area contributed by atoms with Crippen LogP contribution < -0.4 is 5.32 Å². The summed E-state index contributed by atoms with van der Waals surface area (Å²) in [6.07, 6.45) is 2.91. The van der Waals surface area contributed by atoms with Gasteiger partial charge in [0.25, 0.3) is 5.69 Å². The molecule has 1 aromatic carbocycles. The molecule has 19 heavy (non-hydrogen) atoms. The van der Waals surface area contributed by atoms with E-state index in [0.717, 1.165) is 23.7 Å². The van der Waals surface area contributed by atoms with Gasteiger partial charge < -0.3 is 5.32 Å². The van der Waals surface area contributed by atoms with Gasteiger partial charge in [-0.1, -0.05) is 22.4 Å². The quantitative estimate of drug-likeness (QED) is 0.682. The van der Waals surface area contributed by atoms with E-state index >= 15 is 0 Å². The first-order valence-electron chi connectivity index (χ1n) is 6.17. The number of hydrogen-bond acceptors (Lipinski definition) is 4. The first kappa shape index (κ1) is 14.0. The van der Waals surface area contributed by atoms with Crippen molar-refractivity contribution in [2.75, 3.05) is 0 Å². The van der Waals surface area contributed by atoms with Crippen LogP contribution in [0.5, 0.6) is 0 Å². The van der Waals surface area contributed by atoms with Crippen LogP contribution in [0.1, 0.15) is 24.8 Å². The van der Waals surface area contributed by atoms with E-state index in [0.29, 0.717) is 12.1 Å². The molecule has 0 spiro atoms. The molecule has 100 valence electrons. The van der Waals surface area contributed by atoms with Crippen LogP contribution in [0.3, 0.4) is 0 Å². The third kappa shape index (κ3) is 3.31. The fourth-order valence-corrected chi connectivity index (χ4v) is 2.88. The maximum absolute atomic E-state index is 11.0. The Labute approximate surface area is 119 Å². The molecule has 0 amide bonds. The highest BCUT2D eigenvalue weighted by molar-refractivity contribution is 9.10. The maximum Gasteiger partial charge on any atom is 0.273 e. The molecule has 0 saturated heterocycles. The molecule has 0 aliphatic heterocycles. The van der Waals surface area contributed by atoms with Gasteiger partial charge in [-0.25, -0.2) is 0 Å². The molecule has 5 nitrogen and oxygen atoms in total. The van der Waals surface area contributed by atoms with Gasteiger partial charge in [0.2, 0.25) is 0 Å². The fraction of sp³-hybridized carbons (Fsp3) is 0.462. The Morgan fingerprint density at radius 2 is 2.32 bits per heavy atom. The van der Waals surface area contributed by atoms with Crippen molar-refractivity contribution in [2.24, 2.45) is 5.92 Å². The lowest BCUT2D eigenvalue weighted by atomic mass is 10.1. The zero-order chi connectivity index (χ0) is 13.8. The first-order valence-corrected chi connectivity index (χ1v) is 6.97. The second kappa shape index (κ2) is 6.13. The number of halogens is 1. The molecule has 1 N–H and O–H groups in total. The predicted molar refractivity (Wildman–Crippen MR) is 74.4 cm³/mol. The molecule has 6 heteroatoms. The Hall–Kier alpha value is -1.45. The molecule has 0 bridgehead atoms. The lowest BCUT2D eigenvalue weighted by Crippen LogP contribution is -2.31. The van der Waals surface area contributed by atoms with Gasteiger partial charge in [0, 0.05) is 28.7 Å². The van der Waals surface area contributed by atoms with E-state index in [9.17, 15) is 10.1 Å². The van der Waals surface area contributed by atoms with E-state index in [-0.39, 0.29) is 22.6 Å². The van der Waals surface area contributed by atoms with Crippen molar-refractivity contribution in [1.29, 1.82) is 5.26 Å². The predicted octanol–water partition coefficient (Wildman–Crippen LogP) is 3.14. The van der Waals surface area contributed by atoms with Crippen molar-refractivity contribution in [3.63, 3.8) is 0 Å². The largest absolute Gasteiger partial charge is 0.308 e. The molecule has 1 fully saturated rings. The highest BCUT2D eigenvalue weighted by Crippen LogP contribution is 2.27. The number of hydrogen-bond donors (Lipinski definition) is 1. The monoisotopic (exact) mass is 323 g/mol. The van der Waals surface area contributed by atoms with Crippen molar-refractivity contribution < 1.29 is 4.92 Å². The Morgan fingerprint density at radius 3 is 3.00 bits per heavy atom. The molecule has 0 radical (unpaired) electrons. The standard InChI is InChI=1S/C13H14BrN3O2/c14-11-4-5-13(17(18)19)10(6-11)8-16-12-3-1-2-9(12)7-15/h4-6,9,12,16H,1-3,8H2. The zero-order valence-corrected chi connectivity index (χ0v) is 11.9. The van der Waals surface area contributed by atoms with Crippen molar-refractivity contribution in [3.8, 4) is 6.07 Å². The van der Waals surface area contributed by atoms with Crippen LogP contribution in [-0.4, -0.2) is 11.0 Å². The molecule has 2 unspecified atom stereocenters. The van der Waals surface area contributed by atoms with Crippen LogP contribution in [0.15, 0.2) is 22.7 Å². The number of nitrogens with zero attached hydrogens (tertiary/aromatic N) is 2. The normalized spacial score (nSPS) is 22.1. The van der Waals surface area contributed by atoms with Crippen LogP contribution in [0.25, 0.3) is 0 Å². The summed E-state index contributed by atoms with van der Waals surface area (Å²) < 4.78 is 0.818. The summed E-state index contributed by atoms with van der Waals surface area (Å²) >= 11 is 3.32. The molecular formula is C13H14BrN3O2. The van der Waals surface area contributed by atoms with E-state index in [1.165, 1.54) is 6.07 Å². The Bertz CT molecular complexity index is 527. The molecule has 0 aromatic heterocycles. The second-order valence-corrected chi connectivity index (χ2v) is 5.60. The van der Waals surface area contributed by atoms with Crippen LogP contribution in [0.2, 0.25) is 0 Å². The summed E-state index contributed by atoms with van der Waals surface area (Å²) in [6.45, 7) is 0.415. The van der Waals surface area contributed by atoms with Crippen molar-refractivity contribution in [3.05, 3.63) is 38.3 Å². The van der Waals surface area contributed by atoms with E-state index in [2.05, 4.69) is 27.3 Å². The fourth-order valence-electron chi connectivity index (χ4n) is 2.47. The average molecular weight is 324 g/mol. The van der Waals surface area contributed by atoms with Gasteiger partial charge >= 0.3 is 0 Å². The Balaban J connectivity index is 2.09. The van der Waals surface area contributed by atoms with Crippen LogP contribution in [-0.2, 0) is 6.54 Å². The van der Waals surface area contributed by atoms with Gasteiger partial charge in [0.05, 0.1) is 16.9 Å². The molecule has 2 rings (SSSR count). The van der Waals surface area contributed by atoms with Crippen LogP contribution >= 0.6 is 15.9 Å². The minimum absolute atomic E-state index is 0.0196. The average Bonchev–Trinajstić information content (AvgIpc) is 2.83. The lowest BCUT2D eigenvalue weighted by Gasteiger charge is -2.15. The molecule has 1 saturated carbocycles. The number of nitro benzene ring substituents is 1.